The second-order valence-corrected chi connectivity index (χ2v) is 5.94. The third-order valence-electron chi connectivity index (χ3n) is 3.44. The molecule has 0 saturated heterocycles. The van der Waals surface area contributed by atoms with Gasteiger partial charge in [0.15, 0.2) is 5.60 Å². The van der Waals surface area contributed by atoms with Crippen molar-refractivity contribution >= 4 is 0 Å². The summed E-state index contributed by atoms with van der Waals surface area (Å²) >= 11 is 0. The molecular weight excluding hydrogens is 244 g/mol. The number of rotatable bonds is 1. The molecule has 1 atom stereocenters. The predicted octanol–water partition coefficient (Wildman–Crippen LogP) is 3.97. The van der Waals surface area contributed by atoms with Crippen molar-refractivity contribution in [2.24, 2.45) is 5.41 Å². The summed E-state index contributed by atoms with van der Waals surface area (Å²) in [4.78, 5) is 0. The van der Waals surface area contributed by atoms with Crippen LogP contribution in [0.1, 0.15) is 31.9 Å². The van der Waals surface area contributed by atoms with E-state index in [1.165, 1.54) is 0 Å². The minimum atomic E-state index is -1.18. The van der Waals surface area contributed by atoms with Crippen LogP contribution in [0.3, 0.4) is 0 Å². The van der Waals surface area contributed by atoms with E-state index in [2.05, 4.69) is 11.8 Å². The highest BCUT2D eigenvalue weighted by molar-refractivity contribution is 5.41. The topological polar surface area (TPSA) is 20.2 Å². The Kier molecular flexibility index (Phi) is 3.97. The van der Waals surface area contributed by atoms with Crippen LogP contribution in [0.2, 0.25) is 0 Å². The normalized spacial score (nSPS) is 14.0. The Morgan fingerprint density at radius 1 is 0.800 bits per heavy atom. The van der Waals surface area contributed by atoms with E-state index in [9.17, 15) is 5.11 Å². The maximum absolute atomic E-state index is 11.1. The lowest BCUT2D eigenvalue weighted by Crippen LogP contribution is -2.38. The van der Waals surface area contributed by atoms with Gasteiger partial charge >= 0.3 is 0 Å². The van der Waals surface area contributed by atoms with Crippen LogP contribution < -0.4 is 0 Å². The van der Waals surface area contributed by atoms with Crippen molar-refractivity contribution in [3.63, 3.8) is 0 Å². The van der Waals surface area contributed by atoms with Crippen LogP contribution in [0, 0.1) is 17.3 Å². The van der Waals surface area contributed by atoms with E-state index in [4.69, 9.17) is 0 Å². The van der Waals surface area contributed by atoms with Gasteiger partial charge in [0, 0.05) is 11.0 Å². The molecule has 0 saturated carbocycles. The molecule has 0 fully saturated rings. The van der Waals surface area contributed by atoms with Gasteiger partial charge in [-0.15, -0.1) is 0 Å². The SMILES string of the molecule is CC(C)(C)[C@](O)(C#Cc1ccccc1)c1ccccc1. The van der Waals surface area contributed by atoms with Gasteiger partial charge in [0.25, 0.3) is 0 Å². The summed E-state index contributed by atoms with van der Waals surface area (Å²) in [5.41, 5.74) is 0.183. The van der Waals surface area contributed by atoms with E-state index in [-0.39, 0.29) is 5.41 Å². The van der Waals surface area contributed by atoms with Crippen LogP contribution in [0.15, 0.2) is 60.7 Å². The van der Waals surface area contributed by atoms with Crippen molar-refractivity contribution in [2.45, 2.75) is 26.4 Å². The molecule has 0 amide bonds. The molecule has 0 aliphatic heterocycles. The first-order chi connectivity index (χ1) is 9.43. The van der Waals surface area contributed by atoms with Gasteiger partial charge in [0.1, 0.15) is 0 Å². The summed E-state index contributed by atoms with van der Waals surface area (Å²) in [6.07, 6.45) is 0. The fourth-order valence-electron chi connectivity index (χ4n) is 2.06. The molecule has 2 rings (SSSR count). The smallest absolute Gasteiger partial charge is 0.156 e. The summed E-state index contributed by atoms with van der Waals surface area (Å²) in [7, 11) is 0. The molecule has 0 radical (unpaired) electrons. The Labute approximate surface area is 121 Å². The minimum Gasteiger partial charge on any atom is -0.373 e. The van der Waals surface area contributed by atoms with Crippen LogP contribution in [0.25, 0.3) is 0 Å². The second kappa shape index (κ2) is 5.53. The fraction of sp³-hybridized carbons (Fsp3) is 0.263. The summed E-state index contributed by atoms with van der Waals surface area (Å²) < 4.78 is 0. The molecule has 102 valence electrons. The second-order valence-electron chi connectivity index (χ2n) is 5.94. The highest BCUT2D eigenvalue weighted by Gasteiger charge is 2.40. The standard InChI is InChI=1S/C19H20O/c1-18(2,3)19(20,17-12-8-5-9-13-17)15-14-16-10-6-4-7-11-16/h4-13,20H,1-3H3/t19-/m0/s1. The van der Waals surface area contributed by atoms with Crippen LogP contribution >= 0.6 is 0 Å². The minimum absolute atomic E-state index is 0.379. The highest BCUT2D eigenvalue weighted by atomic mass is 16.3. The Balaban J connectivity index is 2.48. The Morgan fingerprint density at radius 3 is 1.80 bits per heavy atom. The van der Waals surface area contributed by atoms with Crippen LogP contribution in [0.5, 0.6) is 0 Å². The van der Waals surface area contributed by atoms with E-state index in [0.717, 1.165) is 11.1 Å². The lowest BCUT2D eigenvalue weighted by Gasteiger charge is -2.36. The predicted molar refractivity (Wildman–Crippen MR) is 83.1 cm³/mol. The first-order valence-electron chi connectivity index (χ1n) is 6.79. The van der Waals surface area contributed by atoms with E-state index < -0.39 is 5.60 Å². The summed E-state index contributed by atoms with van der Waals surface area (Å²) in [5.74, 6) is 6.16. The van der Waals surface area contributed by atoms with E-state index in [0.29, 0.717) is 0 Å². The van der Waals surface area contributed by atoms with Gasteiger partial charge in [-0.05, 0) is 17.7 Å². The van der Waals surface area contributed by atoms with Gasteiger partial charge < -0.3 is 5.11 Å². The monoisotopic (exact) mass is 264 g/mol. The maximum atomic E-state index is 11.1. The van der Waals surface area contributed by atoms with Crippen LogP contribution in [0.4, 0.5) is 0 Å². The fourth-order valence-corrected chi connectivity index (χ4v) is 2.06. The van der Waals surface area contributed by atoms with Gasteiger partial charge in [-0.3, -0.25) is 0 Å². The van der Waals surface area contributed by atoms with E-state index in [1.807, 2.05) is 81.4 Å². The van der Waals surface area contributed by atoms with Gasteiger partial charge in [-0.2, -0.15) is 0 Å². The average molecular weight is 264 g/mol. The first kappa shape index (κ1) is 14.4. The molecule has 0 bridgehead atoms. The molecule has 0 aliphatic rings. The van der Waals surface area contributed by atoms with Crippen molar-refractivity contribution in [1.29, 1.82) is 0 Å². The first-order valence-corrected chi connectivity index (χ1v) is 6.79. The van der Waals surface area contributed by atoms with Crippen molar-refractivity contribution in [3.05, 3.63) is 71.8 Å². The zero-order valence-electron chi connectivity index (χ0n) is 12.2. The molecule has 1 heteroatoms. The molecule has 0 unspecified atom stereocenters. The third kappa shape index (κ3) is 2.92. The lowest BCUT2D eigenvalue weighted by molar-refractivity contribution is -0.00900. The molecule has 0 heterocycles. The molecule has 2 aromatic carbocycles. The third-order valence-corrected chi connectivity index (χ3v) is 3.44. The molecule has 0 aromatic heterocycles. The quantitative estimate of drug-likeness (QED) is 0.773. The van der Waals surface area contributed by atoms with E-state index >= 15 is 0 Å². The number of benzene rings is 2. The maximum Gasteiger partial charge on any atom is 0.156 e. The molecule has 0 spiro atoms. The summed E-state index contributed by atoms with van der Waals surface area (Å²) in [6, 6.07) is 19.4. The van der Waals surface area contributed by atoms with Crippen molar-refractivity contribution in [2.75, 3.05) is 0 Å². The van der Waals surface area contributed by atoms with Crippen molar-refractivity contribution < 1.29 is 5.11 Å². The molecule has 20 heavy (non-hydrogen) atoms. The largest absolute Gasteiger partial charge is 0.373 e. The zero-order chi connectivity index (χ0) is 14.6. The van der Waals surface area contributed by atoms with Gasteiger partial charge in [-0.25, -0.2) is 0 Å². The lowest BCUT2D eigenvalue weighted by atomic mass is 9.72. The molecule has 1 nitrogen and oxygen atoms in total. The number of aliphatic hydroxyl groups is 1. The van der Waals surface area contributed by atoms with Gasteiger partial charge in [-0.1, -0.05) is 81.1 Å². The van der Waals surface area contributed by atoms with Crippen LogP contribution in [-0.2, 0) is 5.60 Å². The van der Waals surface area contributed by atoms with E-state index in [1.54, 1.807) is 0 Å². The van der Waals surface area contributed by atoms with Crippen molar-refractivity contribution in [3.8, 4) is 11.8 Å². The Hall–Kier alpha value is -2.04. The van der Waals surface area contributed by atoms with Crippen molar-refractivity contribution in [1.82, 2.24) is 0 Å². The Morgan fingerprint density at radius 2 is 1.30 bits per heavy atom. The van der Waals surface area contributed by atoms with Gasteiger partial charge in [0.05, 0.1) is 0 Å². The number of hydrogen-bond acceptors (Lipinski definition) is 1. The molecule has 1 N–H and O–H groups in total. The highest BCUT2D eigenvalue weighted by Crippen LogP contribution is 2.38. The molecule has 2 aromatic rings. The molecule has 0 aliphatic carbocycles. The number of hydrogen-bond donors (Lipinski definition) is 1. The molecular formula is C19H20O. The summed E-state index contributed by atoms with van der Waals surface area (Å²) in [6.45, 7) is 6.00. The Bertz CT molecular complexity index is 612. The zero-order valence-corrected chi connectivity index (χ0v) is 12.2. The summed E-state index contributed by atoms with van der Waals surface area (Å²) in [5, 5.41) is 11.1. The average Bonchev–Trinajstić information content (AvgIpc) is 2.45. The van der Waals surface area contributed by atoms with Gasteiger partial charge in [0.2, 0.25) is 0 Å². The van der Waals surface area contributed by atoms with Crippen LogP contribution in [-0.4, -0.2) is 5.11 Å².